The molecular weight excluding hydrogens is 293 g/mol. The summed E-state index contributed by atoms with van der Waals surface area (Å²) in [5.41, 5.74) is 4.41. The molecule has 112 valence electrons. The minimum Gasteiger partial charge on any atom is -0.398 e. The number of benzene rings is 1. The Morgan fingerprint density at radius 2 is 1.80 bits per heavy atom. The van der Waals surface area contributed by atoms with Crippen molar-refractivity contribution in [2.24, 2.45) is 0 Å². The van der Waals surface area contributed by atoms with E-state index in [1.807, 2.05) is 0 Å². The van der Waals surface area contributed by atoms with Crippen LogP contribution in [0.2, 0.25) is 0 Å². The van der Waals surface area contributed by atoms with Crippen molar-refractivity contribution < 1.29 is 21.6 Å². The molecule has 0 aromatic heterocycles. The molecule has 20 heavy (non-hydrogen) atoms. The quantitative estimate of drug-likeness (QED) is 0.841. The third-order valence-corrected chi connectivity index (χ3v) is 5.12. The first-order chi connectivity index (χ1) is 8.98. The van der Waals surface area contributed by atoms with Crippen LogP contribution in [-0.2, 0) is 10.0 Å². The fourth-order valence-electron chi connectivity index (χ4n) is 2.01. The number of nitrogens with two attached hydrogens (primary N) is 1. The molecule has 0 amide bonds. The number of hydrogen-bond donors (Lipinski definition) is 2. The summed E-state index contributed by atoms with van der Waals surface area (Å²) in [7, 11) is -4.26. The van der Waals surface area contributed by atoms with Gasteiger partial charge in [0, 0.05) is 5.69 Å². The first-order valence-corrected chi connectivity index (χ1v) is 7.44. The minimum absolute atomic E-state index is 0.203. The van der Waals surface area contributed by atoms with Crippen molar-refractivity contribution in [3.05, 3.63) is 23.3 Å². The fourth-order valence-corrected chi connectivity index (χ4v) is 3.82. The summed E-state index contributed by atoms with van der Waals surface area (Å²) in [6.45, 7) is 3.10. The highest BCUT2D eigenvalue weighted by Crippen LogP contribution is 2.49. The van der Waals surface area contributed by atoms with E-state index >= 15 is 0 Å². The molecule has 4 nitrogen and oxygen atoms in total. The van der Waals surface area contributed by atoms with Crippen LogP contribution in [0.25, 0.3) is 0 Å². The van der Waals surface area contributed by atoms with Crippen molar-refractivity contribution >= 4 is 15.7 Å². The van der Waals surface area contributed by atoms with E-state index in [4.69, 9.17) is 5.73 Å². The molecule has 0 aliphatic heterocycles. The number of nitrogens with one attached hydrogen (secondary N) is 1. The van der Waals surface area contributed by atoms with E-state index in [1.165, 1.54) is 13.0 Å². The Morgan fingerprint density at radius 3 is 2.25 bits per heavy atom. The van der Waals surface area contributed by atoms with Crippen LogP contribution in [0.15, 0.2) is 17.0 Å². The molecule has 3 N–H and O–H groups in total. The largest absolute Gasteiger partial charge is 0.407 e. The van der Waals surface area contributed by atoms with Crippen molar-refractivity contribution in [2.75, 3.05) is 5.73 Å². The number of nitrogen functional groups attached to an aromatic ring is 1. The molecule has 1 aliphatic rings. The number of halogens is 3. The number of anilines is 1. The van der Waals surface area contributed by atoms with Crippen molar-refractivity contribution in [2.45, 2.75) is 43.3 Å². The SMILES string of the molecule is Cc1cc(N)c(C)c(S(=O)(=O)NC2(C(F)(F)F)CC2)c1. The third kappa shape index (κ3) is 2.49. The van der Waals surface area contributed by atoms with Crippen LogP contribution >= 0.6 is 0 Å². The lowest BCUT2D eigenvalue weighted by Crippen LogP contribution is -2.47. The normalized spacial score (nSPS) is 18.1. The second-order valence-electron chi connectivity index (χ2n) is 5.16. The van der Waals surface area contributed by atoms with E-state index in [2.05, 4.69) is 0 Å². The zero-order valence-corrected chi connectivity index (χ0v) is 11.8. The zero-order valence-electron chi connectivity index (χ0n) is 11.0. The molecule has 1 aromatic rings. The highest BCUT2D eigenvalue weighted by atomic mass is 32.2. The van der Waals surface area contributed by atoms with Gasteiger partial charge in [0.1, 0.15) is 5.54 Å². The highest BCUT2D eigenvalue weighted by Gasteiger charge is 2.65. The Bertz CT molecular complexity index is 649. The second-order valence-corrected chi connectivity index (χ2v) is 6.81. The molecule has 8 heteroatoms. The number of sulfonamides is 1. The second kappa shape index (κ2) is 4.36. The van der Waals surface area contributed by atoms with Crippen molar-refractivity contribution in [3.8, 4) is 0 Å². The Hall–Kier alpha value is -1.28. The van der Waals surface area contributed by atoms with E-state index in [-0.39, 0.29) is 29.0 Å². The predicted octanol–water partition coefficient (Wildman–Crippen LogP) is 2.26. The van der Waals surface area contributed by atoms with Gasteiger partial charge in [-0.15, -0.1) is 0 Å². The van der Waals surface area contributed by atoms with E-state index in [1.54, 1.807) is 17.7 Å². The molecule has 1 fully saturated rings. The van der Waals surface area contributed by atoms with Crippen molar-refractivity contribution in [1.29, 1.82) is 0 Å². The lowest BCUT2D eigenvalue weighted by atomic mass is 10.1. The van der Waals surface area contributed by atoms with Crippen LogP contribution in [0, 0.1) is 13.8 Å². The van der Waals surface area contributed by atoms with Crippen LogP contribution in [0.3, 0.4) is 0 Å². The summed E-state index contributed by atoms with van der Waals surface area (Å²) in [6, 6.07) is 2.89. The maximum Gasteiger partial charge on any atom is 0.407 e. The van der Waals surface area contributed by atoms with Gasteiger partial charge >= 0.3 is 6.18 Å². The lowest BCUT2D eigenvalue weighted by molar-refractivity contribution is -0.160. The van der Waals surface area contributed by atoms with Crippen molar-refractivity contribution in [1.82, 2.24) is 4.72 Å². The average Bonchev–Trinajstić information content (AvgIpc) is 3.02. The molecule has 0 unspecified atom stereocenters. The summed E-state index contributed by atoms with van der Waals surface area (Å²) in [6.07, 6.45) is -5.07. The monoisotopic (exact) mass is 308 g/mol. The Kier molecular flexibility index (Phi) is 3.29. The van der Waals surface area contributed by atoms with E-state index < -0.39 is 21.7 Å². The molecule has 2 rings (SSSR count). The van der Waals surface area contributed by atoms with Gasteiger partial charge in [-0.2, -0.15) is 17.9 Å². The number of hydrogen-bond acceptors (Lipinski definition) is 3. The zero-order chi connectivity index (χ0) is 15.3. The van der Waals surface area contributed by atoms with Gasteiger partial charge in [-0.3, -0.25) is 0 Å². The molecule has 0 spiro atoms. The van der Waals surface area contributed by atoms with Gasteiger partial charge in [-0.05, 0) is 49.9 Å². The van der Waals surface area contributed by atoms with Gasteiger partial charge in [-0.25, -0.2) is 8.42 Å². The Morgan fingerprint density at radius 1 is 1.25 bits per heavy atom. The standard InChI is InChI=1S/C12H15F3N2O2S/c1-7-5-9(16)8(2)10(6-7)20(18,19)17-11(3-4-11)12(13,14)15/h5-6,17H,3-4,16H2,1-2H3. The maximum absolute atomic E-state index is 12.8. The number of alkyl halides is 3. The minimum atomic E-state index is -4.59. The molecular formula is C12H15F3N2O2S. The van der Waals surface area contributed by atoms with Gasteiger partial charge < -0.3 is 5.73 Å². The third-order valence-electron chi connectivity index (χ3n) is 3.46. The lowest BCUT2D eigenvalue weighted by Gasteiger charge is -2.21. The maximum atomic E-state index is 12.8. The summed E-state index contributed by atoms with van der Waals surface area (Å²) >= 11 is 0. The molecule has 0 bridgehead atoms. The van der Waals surface area contributed by atoms with Gasteiger partial charge in [0.15, 0.2) is 0 Å². The van der Waals surface area contributed by atoms with Crippen LogP contribution in [-0.4, -0.2) is 20.1 Å². The fraction of sp³-hybridized carbons (Fsp3) is 0.500. The molecule has 0 heterocycles. The van der Waals surface area contributed by atoms with Gasteiger partial charge in [0.2, 0.25) is 10.0 Å². The van der Waals surface area contributed by atoms with Crippen molar-refractivity contribution in [3.63, 3.8) is 0 Å². The van der Waals surface area contributed by atoms with E-state index in [9.17, 15) is 21.6 Å². The molecule has 0 saturated heterocycles. The Labute approximate surface area is 115 Å². The molecule has 1 saturated carbocycles. The van der Waals surface area contributed by atoms with Gasteiger partial charge in [0.05, 0.1) is 4.90 Å². The average molecular weight is 308 g/mol. The summed E-state index contributed by atoms with van der Waals surface area (Å²) in [5.74, 6) is 0. The molecule has 0 atom stereocenters. The molecule has 1 aliphatic carbocycles. The van der Waals surface area contributed by atoms with Crippen LogP contribution in [0.1, 0.15) is 24.0 Å². The first-order valence-electron chi connectivity index (χ1n) is 5.96. The summed E-state index contributed by atoms with van der Waals surface area (Å²) in [4.78, 5) is -0.203. The van der Waals surface area contributed by atoms with Gasteiger partial charge in [-0.1, -0.05) is 0 Å². The summed E-state index contributed by atoms with van der Waals surface area (Å²) in [5, 5.41) is 0. The van der Waals surface area contributed by atoms with Crippen LogP contribution in [0.4, 0.5) is 18.9 Å². The van der Waals surface area contributed by atoms with Crippen LogP contribution in [0.5, 0.6) is 0 Å². The summed E-state index contributed by atoms with van der Waals surface area (Å²) < 4.78 is 64.7. The molecule has 0 radical (unpaired) electrons. The van der Waals surface area contributed by atoms with Crippen LogP contribution < -0.4 is 10.5 Å². The Balaban J connectivity index is 2.43. The predicted molar refractivity (Wildman–Crippen MR) is 68.7 cm³/mol. The topological polar surface area (TPSA) is 72.2 Å². The van der Waals surface area contributed by atoms with E-state index in [0.29, 0.717) is 5.56 Å². The van der Waals surface area contributed by atoms with E-state index in [0.717, 1.165) is 0 Å². The smallest absolute Gasteiger partial charge is 0.398 e. The number of aryl methyl sites for hydroxylation is 1. The number of rotatable bonds is 3. The van der Waals surface area contributed by atoms with Gasteiger partial charge in [0.25, 0.3) is 0 Å². The highest BCUT2D eigenvalue weighted by molar-refractivity contribution is 7.89. The first kappa shape index (κ1) is 15.1. The molecule has 1 aromatic carbocycles.